The second kappa shape index (κ2) is 5.64. The van der Waals surface area contributed by atoms with Crippen LogP contribution in [-0.4, -0.2) is 16.2 Å². The van der Waals surface area contributed by atoms with Crippen LogP contribution in [-0.2, 0) is 13.0 Å². The molecule has 2 rings (SSSR count). The van der Waals surface area contributed by atoms with Crippen molar-refractivity contribution < 1.29 is 9.15 Å². The van der Waals surface area contributed by atoms with Gasteiger partial charge in [0.15, 0.2) is 6.61 Å². The molecule has 0 saturated carbocycles. The molecule has 0 radical (unpaired) electrons. The first kappa shape index (κ1) is 12.6. The molecule has 0 aliphatic heterocycles. The molecular formula is C13H17N3O2. The fourth-order valence-corrected chi connectivity index (χ4v) is 1.63. The predicted molar refractivity (Wildman–Crippen MR) is 67.2 cm³/mol. The van der Waals surface area contributed by atoms with Crippen molar-refractivity contribution in [2.45, 2.75) is 32.9 Å². The normalized spacial score (nSPS) is 12.4. The van der Waals surface area contributed by atoms with Crippen LogP contribution < -0.4 is 10.5 Å². The van der Waals surface area contributed by atoms with Crippen molar-refractivity contribution in [3.05, 3.63) is 41.6 Å². The maximum absolute atomic E-state index is 5.74. The van der Waals surface area contributed by atoms with Gasteiger partial charge in [-0.25, -0.2) is 0 Å². The molecule has 0 saturated heterocycles. The van der Waals surface area contributed by atoms with E-state index in [9.17, 15) is 0 Å². The van der Waals surface area contributed by atoms with Gasteiger partial charge in [-0.05, 0) is 31.0 Å². The van der Waals surface area contributed by atoms with Crippen LogP contribution >= 0.6 is 0 Å². The molecule has 1 aromatic carbocycles. The van der Waals surface area contributed by atoms with E-state index in [2.05, 4.69) is 10.2 Å². The third-order valence-corrected chi connectivity index (χ3v) is 2.41. The maximum Gasteiger partial charge on any atom is 0.253 e. The van der Waals surface area contributed by atoms with Crippen molar-refractivity contribution in [3.63, 3.8) is 0 Å². The highest BCUT2D eigenvalue weighted by Gasteiger charge is 2.03. The summed E-state index contributed by atoms with van der Waals surface area (Å²) >= 11 is 0. The zero-order chi connectivity index (χ0) is 13.0. The van der Waals surface area contributed by atoms with Crippen LogP contribution in [0.1, 0.15) is 24.3 Å². The van der Waals surface area contributed by atoms with E-state index in [1.807, 2.05) is 31.2 Å². The van der Waals surface area contributed by atoms with Gasteiger partial charge in [-0.2, -0.15) is 0 Å². The van der Waals surface area contributed by atoms with Gasteiger partial charge in [-0.15, -0.1) is 10.2 Å². The van der Waals surface area contributed by atoms with Crippen LogP contribution in [0.25, 0.3) is 0 Å². The lowest BCUT2D eigenvalue weighted by Crippen LogP contribution is -2.17. The van der Waals surface area contributed by atoms with Gasteiger partial charge in [0.1, 0.15) is 5.75 Å². The van der Waals surface area contributed by atoms with Gasteiger partial charge in [0.05, 0.1) is 0 Å². The van der Waals surface area contributed by atoms with Gasteiger partial charge < -0.3 is 14.9 Å². The van der Waals surface area contributed by atoms with Gasteiger partial charge >= 0.3 is 0 Å². The summed E-state index contributed by atoms with van der Waals surface area (Å²) in [6.07, 6.45) is 0.864. The summed E-state index contributed by atoms with van der Waals surface area (Å²) in [5, 5.41) is 7.59. The monoisotopic (exact) mass is 247 g/mol. The second-order valence-corrected chi connectivity index (χ2v) is 4.33. The third kappa shape index (κ3) is 3.56. The zero-order valence-corrected chi connectivity index (χ0v) is 10.6. The number of nitrogens with two attached hydrogens (primary N) is 1. The molecule has 96 valence electrons. The Labute approximate surface area is 106 Å². The number of aryl methyl sites for hydroxylation is 1. The van der Waals surface area contributed by atoms with Crippen molar-refractivity contribution in [2.24, 2.45) is 5.73 Å². The number of hydrogen-bond donors (Lipinski definition) is 1. The molecule has 1 atom stereocenters. The van der Waals surface area contributed by atoms with Crippen molar-refractivity contribution >= 4 is 0 Å². The number of aromatic nitrogens is 2. The molecular weight excluding hydrogens is 230 g/mol. The molecule has 0 spiro atoms. The van der Waals surface area contributed by atoms with Gasteiger partial charge in [-0.1, -0.05) is 12.1 Å². The maximum atomic E-state index is 5.74. The van der Waals surface area contributed by atoms with E-state index in [-0.39, 0.29) is 12.6 Å². The highest BCUT2D eigenvalue weighted by atomic mass is 16.5. The van der Waals surface area contributed by atoms with Crippen LogP contribution in [0.15, 0.2) is 28.7 Å². The Morgan fingerprint density at radius 3 is 2.56 bits per heavy atom. The summed E-state index contributed by atoms with van der Waals surface area (Å²) in [6, 6.07) is 8.02. The van der Waals surface area contributed by atoms with Crippen LogP contribution in [0.3, 0.4) is 0 Å². The van der Waals surface area contributed by atoms with Gasteiger partial charge in [0, 0.05) is 13.0 Å². The first-order valence-corrected chi connectivity index (χ1v) is 5.90. The number of nitrogens with zero attached hydrogens (tertiary/aromatic N) is 2. The van der Waals surface area contributed by atoms with Crippen molar-refractivity contribution in [2.75, 3.05) is 0 Å². The van der Waals surface area contributed by atoms with Gasteiger partial charge in [-0.3, -0.25) is 0 Å². The van der Waals surface area contributed by atoms with E-state index in [4.69, 9.17) is 14.9 Å². The lowest BCUT2D eigenvalue weighted by atomic mass is 10.1. The molecule has 5 nitrogen and oxygen atoms in total. The van der Waals surface area contributed by atoms with E-state index in [1.165, 1.54) is 5.56 Å². The van der Waals surface area contributed by atoms with Crippen LogP contribution in [0, 0.1) is 6.92 Å². The molecule has 18 heavy (non-hydrogen) atoms. The fourth-order valence-electron chi connectivity index (χ4n) is 1.63. The smallest absolute Gasteiger partial charge is 0.253 e. The number of ether oxygens (including phenoxy) is 1. The SMILES string of the molecule is Cc1nnc(COc2ccc(CC(C)N)cc2)o1. The minimum atomic E-state index is 0.165. The van der Waals surface area contributed by atoms with Crippen LogP contribution in [0.5, 0.6) is 5.75 Å². The Morgan fingerprint density at radius 2 is 2.00 bits per heavy atom. The minimum absolute atomic E-state index is 0.165. The average molecular weight is 247 g/mol. The topological polar surface area (TPSA) is 74.2 Å². The van der Waals surface area contributed by atoms with Crippen LogP contribution in [0.2, 0.25) is 0 Å². The standard InChI is InChI=1S/C13H17N3O2/c1-9(14)7-11-3-5-12(6-4-11)17-8-13-16-15-10(2)18-13/h3-6,9H,7-8,14H2,1-2H3. The molecule has 0 amide bonds. The Bertz CT molecular complexity index is 491. The van der Waals surface area contributed by atoms with E-state index in [1.54, 1.807) is 6.92 Å². The molecule has 0 fully saturated rings. The molecule has 0 aliphatic rings. The quantitative estimate of drug-likeness (QED) is 0.872. The summed E-state index contributed by atoms with van der Waals surface area (Å²) in [7, 11) is 0. The van der Waals surface area contributed by atoms with Crippen molar-refractivity contribution in [1.29, 1.82) is 0 Å². The molecule has 1 heterocycles. The van der Waals surface area contributed by atoms with E-state index >= 15 is 0 Å². The molecule has 0 aliphatic carbocycles. The molecule has 2 N–H and O–H groups in total. The van der Waals surface area contributed by atoms with E-state index in [0.29, 0.717) is 11.8 Å². The summed E-state index contributed by atoms with van der Waals surface area (Å²) < 4.78 is 10.8. The minimum Gasteiger partial charge on any atom is -0.484 e. The van der Waals surface area contributed by atoms with Crippen LogP contribution in [0.4, 0.5) is 0 Å². The molecule has 1 aromatic heterocycles. The predicted octanol–water partition coefficient (Wildman–Crippen LogP) is 1.85. The Kier molecular flexibility index (Phi) is 3.94. The highest BCUT2D eigenvalue weighted by molar-refractivity contribution is 5.27. The first-order valence-electron chi connectivity index (χ1n) is 5.90. The molecule has 2 aromatic rings. The second-order valence-electron chi connectivity index (χ2n) is 4.33. The van der Waals surface area contributed by atoms with Gasteiger partial charge in [0.2, 0.25) is 5.89 Å². The van der Waals surface area contributed by atoms with E-state index < -0.39 is 0 Å². The van der Waals surface area contributed by atoms with Crippen molar-refractivity contribution in [1.82, 2.24) is 10.2 Å². The fraction of sp³-hybridized carbons (Fsp3) is 0.385. The number of rotatable bonds is 5. The third-order valence-electron chi connectivity index (χ3n) is 2.41. The Hall–Kier alpha value is -1.88. The summed E-state index contributed by atoms with van der Waals surface area (Å²) in [4.78, 5) is 0. The summed E-state index contributed by atoms with van der Waals surface area (Å²) in [6.45, 7) is 4.02. The summed E-state index contributed by atoms with van der Waals surface area (Å²) in [5.74, 6) is 1.80. The molecule has 5 heteroatoms. The van der Waals surface area contributed by atoms with Crippen molar-refractivity contribution in [3.8, 4) is 5.75 Å². The lowest BCUT2D eigenvalue weighted by Gasteiger charge is -2.07. The van der Waals surface area contributed by atoms with E-state index in [0.717, 1.165) is 12.2 Å². The number of hydrogen-bond acceptors (Lipinski definition) is 5. The molecule has 1 unspecified atom stereocenters. The largest absolute Gasteiger partial charge is 0.484 e. The Balaban J connectivity index is 1.90. The number of benzene rings is 1. The zero-order valence-electron chi connectivity index (χ0n) is 10.6. The Morgan fingerprint density at radius 1 is 1.28 bits per heavy atom. The average Bonchev–Trinajstić information content (AvgIpc) is 2.74. The first-order chi connectivity index (χ1) is 8.63. The van der Waals surface area contributed by atoms with Gasteiger partial charge in [0.25, 0.3) is 5.89 Å². The summed E-state index contributed by atoms with van der Waals surface area (Å²) in [5.41, 5.74) is 6.94. The lowest BCUT2D eigenvalue weighted by molar-refractivity contribution is 0.260. The molecule has 0 bridgehead atoms. The highest BCUT2D eigenvalue weighted by Crippen LogP contribution is 2.14.